The number of carbonyl (C=O) groups excluding carboxylic acids is 2. The number of carbonyl (C=O) groups is 2. The highest BCUT2D eigenvalue weighted by Gasteiger charge is 2.24. The number of nitrogens with one attached hydrogen (secondary N) is 2. The van der Waals surface area contributed by atoms with E-state index in [1.165, 1.54) is 0 Å². The van der Waals surface area contributed by atoms with Gasteiger partial charge in [0, 0.05) is 45.5 Å². The van der Waals surface area contributed by atoms with Crippen LogP contribution in [0.25, 0.3) is 0 Å². The van der Waals surface area contributed by atoms with Crippen molar-refractivity contribution in [1.29, 1.82) is 0 Å². The van der Waals surface area contributed by atoms with Crippen LogP contribution in [-0.4, -0.2) is 84.8 Å². The van der Waals surface area contributed by atoms with Gasteiger partial charge < -0.3 is 15.0 Å². The SMILES string of the molecule is COCCNC(=O)CN1CCN(C(=O)c2cc(CC(C)C)[nH]n2)CC1. The summed E-state index contributed by atoms with van der Waals surface area (Å²) in [5.74, 6) is 0.458. The van der Waals surface area contributed by atoms with Crippen LogP contribution in [0.15, 0.2) is 6.07 Å². The Labute approximate surface area is 148 Å². The molecule has 0 atom stereocenters. The Balaban J connectivity index is 1.76. The van der Waals surface area contributed by atoms with Crippen LogP contribution in [-0.2, 0) is 16.0 Å². The summed E-state index contributed by atoms with van der Waals surface area (Å²) < 4.78 is 4.91. The van der Waals surface area contributed by atoms with Gasteiger partial charge in [-0.15, -0.1) is 0 Å². The monoisotopic (exact) mass is 351 g/mol. The first-order valence-corrected chi connectivity index (χ1v) is 8.81. The quantitative estimate of drug-likeness (QED) is 0.650. The Kier molecular flexibility index (Phi) is 7.39. The van der Waals surface area contributed by atoms with Crippen LogP contribution >= 0.6 is 0 Å². The minimum absolute atomic E-state index is 0.0116. The standard InChI is InChI=1S/C17H29N5O3/c1-13(2)10-14-11-15(20-19-14)17(24)22-7-5-21(6-8-22)12-16(23)18-4-9-25-3/h11,13H,4-10,12H2,1-3H3,(H,18,23)(H,19,20). The van der Waals surface area contributed by atoms with Crippen molar-refractivity contribution in [3.8, 4) is 0 Å². The molecule has 8 heteroatoms. The molecule has 0 saturated carbocycles. The molecule has 1 aromatic heterocycles. The van der Waals surface area contributed by atoms with Gasteiger partial charge in [0.2, 0.25) is 5.91 Å². The number of methoxy groups -OCH3 is 1. The molecule has 2 amide bonds. The lowest BCUT2D eigenvalue weighted by molar-refractivity contribution is -0.122. The van der Waals surface area contributed by atoms with E-state index in [0.717, 1.165) is 12.1 Å². The lowest BCUT2D eigenvalue weighted by Gasteiger charge is -2.33. The Hall–Kier alpha value is -1.93. The molecule has 0 bridgehead atoms. The summed E-state index contributed by atoms with van der Waals surface area (Å²) in [4.78, 5) is 28.2. The molecule has 1 fully saturated rings. The van der Waals surface area contributed by atoms with E-state index in [-0.39, 0.29) is 11.8 Å². The van der Waals surface area contributed by atoms with Gasteiger partial charge in [0.25, 0.3) is 5.91 Å². The molecular weight excluding hydrogens is 322 g/mol. The van der Waals surface area contributed by atoms with Crippen molar-refractivity contribution in [2.24, 2.45) is 5.92 Å². The van der Waals surface area contributed by atoms with E-state index in [1.54, 1.807) is 12.0 Å². The third-order valence-corrected chi connectivity index (χ3v) is 4.13. The van der Waals surface area contributed by atoms with Crippen LogP contribution in [0.3, 0.4) is 0 Å². The molecule has 2 N–H and O–H groups in total. The number of hydrogen-bond donors (Lipinski definition) is 2. The first kappa shape index (κ1) is 19.4. The number of hydrogen-bond acceptors (Lipinski definition) is 5. The summed E-state index contributed by atoms with van der Waals surface area (Å²) in [7, 11) is 1.60. The molecule has 140 valence electrons. The minimum atomic E-state index is -0.0459. The van der Waals surface area contributed by atoms with E-state index < -0.39 is 0 Å². The third kappa shape index (κ3) is 6.13. The van der Waals surface area contributed by atoms with Crippen LogP contribution < -0.4 is 5.32 Å². The zero-order chi connectivity index (χ0) is 18.2. The van der Waals surface area contributed by atoms with Gasteiger partial charge in [0.15, 0.2) is 0 Å². The van der Waals surface area contributed by atoms with Crippen molar-refractivity contribution in [3.63, 3.8) is 0 Å². The predicted octanol–water partition coefficient (Wildman–Crippen LogP) is 0.129. The van der Waals surface area contributed by atoms with Crippen LogP contribution in [0.2, 0.25) is 0 Å². The Morgan fingerprint density at radius 3 is 2.68 bits per heavy atom. The fraction of sp³-hybridized carbons (Fsp3) is 0.706. The second-order valence-corrected chi connectivity index (χ2v) is 6.79. The first-order chi connectivity index (χ1) is 12.0. The number of rotatable bonds is 8. The highest BCUT2D eigenvalue weighted by molar-refractivity contribution is 5.92. The van der Waals surface area contributed by atoms with E-state index >= 15 is 0 Å². The van der Waals surface area contributed by atoms with Gasteiger partial charge >= 0.3 is 0 Å². The average Bonchev–Trinajstić information content (AvgIpc) is 3.03. The zero-order valence-electron chi connectivity index (χ0n) is 15.4. The maximum absolute atomic E-state index is 12.5. The molecule has 2 rings (SSSR count). The topological polar surface area (TPSA) is 90.6 Å². The van der Waals surface area contributed by atoms with Crippen molar-refractivity contribution in [2.75, 3.05) is 53.0 Å². The van der Waals surface area contributed by atoms with Crippen molar-refractivity contribution in [2.45, 2.75) is 20.3 Å². The number of ether oxygens (including phenoxy) is 1. The number of nitrogens with zero attached hydrogens (tertiary/aromatic N) is 3. The smallest absolute Gasteiger partial charge is 0.274 e. The van der Waals surface area contributed by atoms with Crippen LogP contribution in [0.1, 0.15) is 30.0 Å². The van der Waals surface area contributed by atoms with Crippen LogP contribution in [0.4, 0.5) is 0 Å². The summed E-state index contributed by atoms with van der Waals surface area (Å²) in [6.07, 6.45) is 0.881. The highest BCUT2D eigenvalue weighted by Crippen LogP contribution is 2.11. The molecule has 8 nitrogen and oxygen atoms in total. The molecule has 1 saturated heterocycles. The zero-order valence-corrected chi connectivity index (χ0v) is 15.4. The lowest BCUT2D eigenvalue weighted by Crippen LogP contribution is -2.51. The van der Waals surface area contributed by atoms with Gasteiger partial charge in [-0.1, -0.05) is 13.8 Å². The molecule has 0 aromatic carbocycles. The van der Waals surface area contributed by atoms with Crippen LogP contribution in [0.5, 0.6) is 0 Å². The predicted molar refractivity (Wildman–Crippen MR) is 94.4 cm³/mol. The highest BCUT2D eigenvalue weighted by atomic mass is 16.5. The van der Waals surface area contributed by atoms with E-state index in [9.17, 15) is 9.59 Å². The van der Waals surface area contributed by atoms with Gasteiger partial charge in [0.05, 0.1) is 13.2 Å². The number of H-pyrrole nitrogens is 1. The summed E-state index contributed by atoms with van der Waals surface area (Å²) >= 11 is 0. The molecule has 1 aromatic rings. The second-order valence-electron chi connectivity index (χ2n) is 6.79. The molecule has 0 aliphatic carbocycles. The number of aromatic amines is 1. The molecule has 0 spiro atoms. The summed E-state index contributed by atoms with van der Waals surface area (Å²) in [6, 6.07) is 1.85. The largest absolute Gasteiger partial charge is 0.383 e. The average molecular weight is 351 g/mol. The number of piperazine rings is 1. The van der Waals surface area contributed by atoms with Crippen LogP contribution in [0, 0.1) is 5.92 Å². The van der Waals surface area contributed by atoms with E-state index in [4.69, 9.17) is 4.74 Å². The van der Waals surface area contributed by atoms with Crippen molar-refractivity contribution < 1.29 is 14.3 Å². The molecule has 0 unspecified atom stereocenters. The summed E-state index contributed by atoms with van der Waals surface area (Å²) in [5.41, 5.74) is 1.46. The van der Waals surface area contributed by atoms with E-state index in [0.29, 0.717) is 57.5 Å². The summed E-state index contributed by atoms with van der Waals surface area (Å²) in [5, 5.41) is 9.90. The second kappa shape index (κ2) is 9.53. The van der Waals surface area contributed by atoms with Crippen molar-refractivity contribution in [3.05, 3.63) is 17.5 Å². The van der Waals surface area contributed by atoms with Crippen molar-refractivity contribution in [1.82, 2.24) is 25.3 Å². The van der Waals surface area contributed by atoms with Gasteiger partial charge in [-0.3, -0.25) is 19.6 Å². The molecule has 2 heterocycles. The van der Waals surface area contributed by atoms with Gasteiger partial charge in [0.1, 0.15) is 5.69 Å². The lowest BCUT2D eigenvalue weighted by atomic mass is 10.1. The number of amides is 2. The Bertz CT molecular complexity index is 564. The molecule has 1 aliphatic rings. The molecule has 25 heavy (non-hydrogen) atoms. The Morgan fingerprint density at radius 2 is 2.04 bits per heavy atom. The third-order valence-electron chi connectivity index (χ3n) is 4.13. The maximum Gasteiger partial charge on any atom is 0.274 e. The fourth-order valence-electron chi connectivity index (χ4n) is 2.84. The molecular formula is C17H29N5O3. The molecule has 1 aliphatic heterocycles. The Morgan fingerprint density at radius 1 is 1.32 bits per heavy atom. The van der Waals surface area contributed by atoms with E-state index in [2.05, 4.69) is 34.3 Å². The van der Waals surface area contributed by atoms with Gasteiger partial charge in [-0.05, 0) is 18.4 Å². The normalized spacial score (nSPS) is 15.6. The van der Waals surface area contributed by atoms with Crippen molar-refractivity contribution >= 4 is 11.8 Å². The van der Waals surface area contributed by atoms with Gasteiger partial charge in [-0.25, -0.2) is 0 Å². The molecule has 0 radical (unpaired) electrons. The van der Waals surface area contributed by atoms with E-state index in [1.807, 2.05) is 6.07 Å². The number of aromatic nitrogens is 2. The maximum atomic E-state index is 12.5. The first-order valence-electron chi connectivity index (χ1n) is 8.81. The summed E-state index contributed by atoms with van der Waals surface area (Å²) in [6.45, 7) is 8.24. The fourth-order valence-corrected chi connectivity index (χ4v) is 2.84. The van der Waals surface area contributed by atoms with Gasteiger partial charge in [-0.2, -0.15) is 5.10 Å². The minimum Gasteiger partial charge on any atom is -0.383 e.